The molecule has 6 aromatic carbocycles. The zero-order chi connectivity index (χ0) is 35.2. The lowest BCUT2D eigenvalue weighted by molar-refractivity contribution is 0.103. The lowest BCUT2D eigenvalue weighted by Crippen LogP contribution is -2.24. The second-order valence-corrected chi connectivity index (χ2v) is 15.5. The van der Waals surface area contributed by atoms with E-state index in [4.69, 9.17) is 12.2 Å². The molecule has 3 nitrogen and oxygen atoms in total. The van der Waals surface area contributed by atoms with Crippen molar-refractivity contribution in [2.75, 3.05) is 10.6 Å². The fraction of sp³-hybridized carbons (Fsp3) is 0.174. The molecule has 0 aliphatic heterocycles. The van der Waals surface area contributed by atoms with Crippen molar-refractivity contribution in [1.29, 1.82) is 0 Å². The van der Waals surface area contributed by atoms with Gasteiger partial charge in [-0.25, -0.2) is 0 Å². The van der Waals surface area contributed by atoms with Gasteiger partial charge in [-0.3, -0.25) is 4.79 Å². The van der Waals surface area contributed by atoms with Crippen molar-refractivity contribution in [1.82, 2.24) is 0 Å². The number of hydrogen-bond donors (Lipinski definition) is 2. The average molecular weight is 671 g/mol. The van der Waals surface area contributed by atoms with Gasteiger partial charge in [-0.2, -0.15) is 0 Å². The van der Waals surface area contributed by atoms with Crippen LogP contribution in [-0.4, -0.2) is 10.6 Å². The Morgan fingerprint density at radius 1 is 0.440 bits per heavy atom. The highest BCUT2D eigenvalue weighted by molar-refractivity contribution is 7.81. The average Bonchev–Trinajstić information content (AvgIpc) is 3.11. The molecule has 0 atom stereocenters. The third-order valence-electron chi connectivity index (χ3n) is 9.55. The Bertz CT molecular complexity index is 2060. The molecule has 0 amide bonds. The van der Waals surface area contributed by atoms with Crippen LogP contribution >= 0.6 is 12.2 Å². The van der Waals surface area contributed by atoms with Crippen molar-refractivity contribution in [3.05, 3.63) is 167 Å². The van der Waals surface area contributed by atoms with E-state index in [0.717, 1.165) is 56.1 Å². The maximum absolute atomic E-state index is 15.3. The number of ketones is 1. The minimum atomic E-state index is -0.0548. The van der Waals surface area contributed by atoms with E-state index in [-0.39, 0.29) is 16.6 Å². The Morgan fingerprint density at radius 3 is 1.26 bits per heavy atom. The Hall–Kier alpha value is -5.32. The summed E-state index contributed by atoms with van der Waals surface area (Å²) in [6.07, 6.45) is 0. The fourth-order valence-corrected chi connectivity index (χ4v) is 7.17. The van der Waals surface area contributed by atoms with Gasteiger partial charge in [0.25, 0.3) is 0 Å². The van der Waals surface area contributed by atoms with Crippen LogP contribution in [0.3, 0.4) is 0 Å². The van der Waals surface area contributed by atoms with Gasteiger partial charge >= 0.3 is 0 Å². The Labute approximate surface area is 301 Å². The number of nitrogens with one attached hydrogen (secondary N) is 2. The molecule has 4 heteroatoms. The smallest absolute Gasteiger partial charge is 0.197 e. The summed E-state index contributed by atoms with van der Waals surface area (Å²) in [4.78, 5) is 15.9. The number of carbonyl (C=O) groups is 1. The lowest BCUT2D eigenvalue weighted by Gasteiger charge is -2.29. The predicted molar refractivity (Wildman–Crippen MR) is 215 cm³/mol. The maximum atomic E-state index is 15.3. The van der Waals surface area contributed by atoms with E-state index in [0.29, 0.717) is 16.0 Å². The van der Waals surface area contributed by atoms with E-state index < -0.39 is 0 Å². The molecule has 2 N–H and O–H groups in total. The molecule has 0 unspecified atom stereocenters. The molecule has 0 saturated carbocycles. The fourth-order valence-electron chi connectivity index (χ4n) is 6.74. The summed E-state index contributed by atoms with van der Waals surface area (Å²) in [6.45, 7) is 13.3. The second kappa shape index (κ2) is 12.9. The molecule has 7 rings (SSSR count). The largest absolute Gasteiger partial charge is 0.355 e. The molecule has 0 aromatic heterocycles. The molecule has 248 valence electrons. The first-order chi connectivity index (χ1) is 23.9. The van der Waals surface area contributed by atoms with Crippen LogP contribution in [0.15, 0.2) is 133 Å². The van der Waals surface area contributed by atoms with Gasteiger partial charge in [0.1, 0.15) is 0 Å². The van der Waals surface area contributed by atoms with Crippen LogP contribution in [0.25, 0.3) is 22.3 Å². The summed E-state index contributed by atoms with van der Waals surface area (Å²) >= 11 is 6.50. The van der Waals surface area contributed by atoms with Gasteiger partial charge in [-0.15, -0.1) is 0 Å². The Balaban J connectivity index is 1.43. The van der Waals surface area contributed by atoms with Crippen molar-refractivity contribution in [2.45, 2.75) is 52.4 Å². The molecule has 0 spiro atoms. The van der Waals surface area contributed by atoms with Crippen LogP contribution in [0.4, 0.5) is 22.7 Å². The number of thiocarbonyl (C=S) groups is 1. The first kappa shape index (κ1) is 33.2. The number of benzene rings is 6. The van der Waals surface area contributed by atoms with E-state index in [9.17, 15) is 0 Å². The van der Waals surface area contributed by atoms with Gasteiger partial charge in [-0.05, 0) is 80.6 Å². The van der Waals surface area contributed by atoms with Gasteiger partial charge in [0.15, 0.2) is 5.78 Å². The molecule has 0 bridgehead atoms. The normalized spacial score (nSPS) is 12.7. The molecular formula is C46H42N2OS. The zero-order valence-electron chi connectivity index (χ0n) is 29.5. The highest BCUT2D eigenvalue weighted by Gasteiger charge is 2.36. The van der Waals surface area contributed by atoms with E-state index in [1.54, 1.807) is 0 Å². The summed E-state index contributed by atoms with van der Waals surface area (Å²) < 4.78 is 0. The topological polar surface area (TPSA) is 41.1 Å². The summed E-state index contributed by atoms with van der Waals surface area (Å²) in [5, 5.41) is 7.25. The van der Waals surface area contributed by atoms with Gasteiger partial charge in [-0.1, -0.05) is 151 Å². The van der Waals surface area contributed by atoms with E-state index in [1.165, 1.54) is 11.1 Å². The van der Waals surface area contributed by atoms with Gasteiger partial charge in [0.2, 0.25) is 0 Å². The molecule has 0 fully saturated rings. The predicted octanol–water partition coefficient (Wildman–Crippen LogP) is 12.4. The molecule has 0 radical (unpaired) electrons. The van der Waals surface area contributed by atoms with Crippen molar-refractivity contribution in [3.63, 3.8) is 0 Å². The number of rotatable bonds is 6. The number of hydrogen-bond acceptors (Lipinski definition) is 4. The SMILES string of the molecule is CC(C)(C)c1ccc(Nc2ccc(Nc3ccc(C(C)(C)C)cc3)c3c2C(=O)c2c(-c4ccccc4)ccc(-c4ccccc4)c2C3=S)cc1. The van der Waals surface area contributed by atoms with E-state index in [2.05, 4.69) is 137 Å². The van der Waals surface area contributed by atoms with Crippen LogP contribution in [0.2, 0.25) is 0 Å². The highest BCUT2D eigenvalue weighted by atomic mass is 32.1. The van der Waals surface area contributed by atoms with Crippen molar-refractivity contribution < 1.29 is 4.79 Å². The minimum absolute atomic E-state index is 0.0340. The van der Waals surface area contributed by atoms with Crippen LogP contribution < -0.4 is 10.6 Å². The van der Waals surface area contributed by atoms with Crippen LogP contribution in [0.5, 0.6) is 0 Å². The summed E-state index contributed by atoms with van der Waals surface area (Å²) in [5.74, 6) is -0.0548. The van der Waals surface area contributed by atoms with Crippen LogP contribution in [0.1, 0.15) is 79.7 Å². The van der Waals surface area contributed by atoms with E-state index in [1.807, 2.05) is 48.5 Å². The second-order valence-electron chi connectivity index (χ2n) is 15.1. The van der Waals surface area contributed by atoms with Crippen LogP contribution in [-0.2, 0) is 10.8 Å². The summed E-state index contributed by atoms with van der Waals surface area (Å²) in [6, 6.07) is 45.5. The van der Waals surface area contributed by atoms with Crippen molar-refractivity contribution in [3.8, 4) is 22.3 Å². The molecule has 50 heavy (non-hydrogen) atoms. The van der Waals surface area contributed by atoms with Crippen molar-refractivity contribution >= 4 is 45.6 Å². The number of anilines is 4. The quantitative estimate of drug-likeness (QED) is 0.173. The molecular weight excluding hydrogens is 629 g/mol. The Kier molecular flexibility index (Phi) is 8.53. The Morgan fingerprint density at radius 2 is 0.840 bits per heavy atom. The number of carbonyl (C=O) groups excluding carboxylic acids is 1. The molecule has 1 aliphatic rings. The zero-order valence-corrected chi connectivity index (χ0v) is 30.3. The first-order valence-corrected chi connectivity index (χ1v) is 17.6. The third kappa shape index (κ3) is 6.28. The van der Waals surface area contributed by atoms with Crippen LogP contribution in [0, 0.1) is 0 Å². The number of fused-ring (bicyclic) bond motifs is 2. The van der Waals surface area contributed by atoms with Gasteiger partial charge in [0, 0.05) is 33.8 Å². The molecule has 6 aromatic rings. The van der Waals surface area contributed by atoms with Gasteiger partial charge < -0.3 is 10.6 Å². The highest BCUT2D eigenvalue weighted by Crippen LogP contribution is 2.45. The summed E-state index contributed by atoms with van der Waals surface area (Å²) in [5.41, 5.74) is 12.5. The van der Waals surface area contributed by atoms with Crippen molar-refractivity contribution in [2.24, 2.45) is 0 Å². The van der Waals surface area contributed by atoms with E-state index >= 15 is 4.79 Å². The molecule has 0 heterocycles. The summed E-state index contributed by atoms with van der Waals surface area (Å²) in [7, 11) is 0. The van der Waals surface area contributed by atoms with Gasteiger partial charge in [0.05, 0.1) is 16.1 Å². The monoisotopic (exact) mass is 670 g/mol. The molecule has 0 saturated heterocycles. The third-order valence-corrected chi connectivity index (χ3v) is 9.96. The maximum Gasteiger partial charge on any atom is 0.197 e. The standard InChI is InChI=1S/C46H42N2OS/c1-45(2,3)31-17-21-33(22-18-31)47-37-27-28-38(48-34-23-19-32(20-24-34)46(4,5)6)42-41(37)43(49)39-35(29-13-9-7-10-14-29)25-26-36(40(39)44(42)50)30-15-11-8-12-16-30/h7-28,47-48H,1-6H3. The minimum Gasteiger partial charge on any atom is -0.355 e. The lowest BCUT2D eigenvalue weighted by atomic mass is 9.76. The first-order valence-electron chi connectivity index (χ1n) is 17.2. The molecule has 1 aliphatic carbocycles.